The van der Waals surface area contributed by atoms with Crippen LogP contribution in [0.1, 0.15) is 50.7 Å². The van der Waals surface area contributed by atoms with Crippen LogP contribution in [0.3, 0.4) is 0 Å². The van der Waals surface area contributed by atoms with Gasteiger partial charge in [-0.2, -0.15) is 5.10 Å². The van der Waals surface area contributed by atoms with Gasteiger partial charge >= 0.3 is 6.09 Å². The maximum atomic E-state index is 14.3. The van der Waals surface area contributed by atoms with E-state index in [1.807, 2.05) is 57.7 Å². The lowest BCUT2D eigenvalue weighted by molar-refractivity contribution is -0.0374. The van der Waals surface area contributed by atoms with Gasteiger partial charge in [-0.25, -0.2) is 9.48 Å². The van der Waals surface area contributed by atoms with Gasteiger partial charge in [0.25, 0.3) is 5.91 Å². The number of methoxy groups -OCH3 is 1. The number of ether oxygens (including phenoxy) is 8. The van der Waals surface area contributed by atoms with E-state index in [9.17, 15) is 9.59 Å². The maximum Gasteiger partial charge on any atom is 0.407 e. The number of amides is 2. The topological polar surface area (TPSA) is 166 Å². The first-order valence-electron chi connectivity index (χ1n) is 20.5. The zero-order valence-electron chi connectivity index (χ0n) is 36.1. The monoisotopic (exact) mass is 898 g/mol. The molecule has 0 unspecified atom stereocenters. The number of alkyl carbamates (subject to hydrolysis) is 1. The summed E-state index contributed by atoms with van der Waals surface area (Å²) in [7, 11) is 1.61. The van der Waals surface area contributed by atoms with Gasteiger partial charge in [0, 0.05) is 70.4 Å². The molecule has 2 amide bonds. The second kappa shape index (κ2) is 21.6. The van der Waals surface area contributed by atoms with Crippen LogP contribution in [0, 0.1) is 0 Å². The minimum Gasteiger partial charge on any atom is -0.496 e. The van der Waals surface area contributed by atoms with E-state index in [1.165, 1.54) is 0 Å². The standard InChI is InChI=1S/C44H56Cl2N6O10/c1-43(2,3)62-42(54)49-8-11-57-14-16-59-18-17-58-15-13-56-10-7-48-32-19-29(25-47-26-32)34-23-35-38(24-37(34)55-6)61-27-36-39(41(53)51-9-12-60-28-44(51,4)5)50-52(40(35)36)33-21-30(45)20-31(46)22-33/h19-26,48H,7-18,27-28H2,1-6H3,(H,49,54). The van der Waals surface area contributed by atoms with Crippen LogP contribution >= 0.6 is 23.2 Å². The van der Waals surface area contributed by atoms with Crippen molar-refractivity contribution in [2.45, 2.75) is 52.4 Å². The third-order valence-corrected chi connectivity index (χ3v) is 10.2. The van der Waals surface area contributed by atoms with Gasteiger partial charge in [0.15, 0.2) is 5.69 Å². The van der Waals surface area contributed by atoms with Crippen molar-refractivity contribution in [1.29, 1.82) is 0 Å². The lowest BCUT2D eigenvalue weighted by atomic mass is 9.95. The van der Waals surface area contributed by atoms with Crippen LogP contribution in [-0.4, -0.2) is 136 Å². The van der Waals surface area contributed by atoms with E-state index < -0.39 is 17.2 Å². The van der Waals surface area contributed by atoms with Gasteiger partial charge in [-0.3, -0.25) is 9.78 Å². The summed E-state index contributed by atoms with van der Waals surface area (Å²) in [6, 6.07) is 11.0. The normalized spacial score (nSPS) is 14.4. The number of morpholine rings is 1. The fourth-order valence-corrected chi connectivity index (χ4v) is 7.42. The summed E-state index contributed by atoms with van der Waals surface area (Å²) in [5.41, 5.74) is 4.20. The SMILES string of the molecule is COc1cc2c(cc1-c1cncc(NCCOCCOCCOCCOCCNC(=O)OC(C)(C)C)c1)-c1c(c(C(=O)N3CCOCC3(C)C)nn1-c1cc(Cl)cc(Cl)c1)CO2. The van der Waals surface area contributed by atoms with E-state index in [4.69, 9.17) is 66.2 Å². The molecule has 2 aliphatic heterocycles. The van der Waals surface area contributed by atoms with E-state index in [-0.39, 0.29) is 18.2 Å². The minimum absolute atomic E-state index is 0.116. The Balaban J connectivity index is 1.03. The highest BCUT2D eigenvalue weighted by Gasteiger charge is 2.39. The average molecular weight is 900 g/mol. The molecular formula is C44H56Cl2N6O10. The van der Waals surface area contributed by atoms with Gasteiger partial charge in [0.1, 0.15) is 23.7 Å². The van der Waals surface area contributed by atoms with Gasteiger partial charge in [-0.1, -0.05) is 23.2 Å². The van der Waals surface area contributed by atoms with Crippen LogP contribution < -0.4 is 20.1 Å². The first kappa shape index (κ1) is 46.8. The summed E-state index contributed by atoms with van der Waals surface area (Å²) >= 11 is 13.0. The molecule has 18 heteroatoms. The number of carbonyl (C=O) groups excluding carboxylic acids is 2. The largest absolute Gasteiger partial charge is 0.496 e. The smallest absolute Gasteiger partial charge is 0.407 e. The Labute approximate surface area is 372 Å². The number of hydrogen-bond acceptors (Lipinski definition) is 13. The highest BCUT2D eigenvalue weighted by atomic mass is 35.5. The highest BCUT2D eigenvalue weighted by molar-refractivity contribution is 6.34. The molecule has 0 atom stereocenters. The highest BCUT2D eigenvalue weighted by Crippen LogP contribution is 2.46. The van der Waals surface area contributed by atoms with Crippen molar-refractivity contribution >= 4 is 40.9 Å². The number of pyridine rings is 1. The van der Waals surface area contributed by atoms with Crippen LogP contribution in [0.4, 0.5) is 10.5 Å². The summed E-state index contributed by atoms with van der Waals surface area (Å²) in [5.74, 6) is 0.942. The Bertz CT molecular complexity index is 2140. The molecule has 336 valence electrons. The van der Waals surface area contributed by atoms with Crippen molar-refractivity contribution in [2.24, 2.45) is 0 Å². The molecule has 4 heterocycles. The predicted octanol–water partition coefficient (Wildman–Crippen LogP) is 7.06. The summed E-state index contributed by atoms with van der Waals surface area (Å²) in [6.07, 6.45) is 3.04. The molecule has 0 saturated carbocycles. The van der Waals surface area contributed by atoms with Crippen LogP contribution in [0.5, 0.6) is 11.5 Å². The number of aromatic nitrogens is 3. The zero-order chi connectivity index (χ0) is 44.3. The molecule has 2 aliphatic rings. The van der Waals surface area contributed by atoms with Crippen LogP contribution in [0.15, 0.2) is 48.8 Å². The first-order chi connectivity index (χ1) is 29.7. The third-order valence-electron chi connectivity index (χ3n) is 9.75. The predicted molar refractivity (Wildman–Crippen MR) is 235 cm³/mol. The number of hydrogen-bond donors (Lipinski definition) is 2. The van der Waals surface area contributed by atoms with Crippen molar-refractivity contribution in [3.8, 4) is 39.6 Å². The quantitative estimate of drug-likeness (QED) is 0.0867. The van der Waals surface area contributed by atoms with Crippen molar-refractivity contribution in [2.75, 3.05) is 98.1 Å². The summed E-state index contributed by atoms with van der Waals surface area (Å²) in [5, 5.41) is 11.8. The molecule has 6 rings (SSSR count). The number of nitrogens with zero attached hydrogens (tertiary/aromatic N) is 4. The molecule has 1 saturated heterocycles. The number of anilines is 1. The van der Waals surface area contributed by atoms with Crippen LogP contribution in [0.2, 0.25) is 10.0 Å². The zero-order valence-corrected chi connectivity index (χ0v) is 37.7. The number of carbonyl (C=O) groups is 2. The fraction of sp³-hybridized carbons (Fsp3) is 0.500. The Morgan fingerprint density at radius 3 is 2.16 bits per heavy atom. The summed E-state index contributed by atoms with van der Waals surface area (Å²) in [6.45, 7) is 15.1. The first-order valence-corrected chi connectivity index (χ1v) is 21.3. The fourth-order valence-electron chi connectivity index (χ4n) is 6.91. The van der Waals surface area contributed by atoms with E-state index in [0.717, 1.165) is 16.8 Å². The van der Waals surface area contributed by atoms with Gasteiger partial charge in [0.05, 0.1) is 95.8 Å². The lowest BCUT2D eigenvalue weighted by Gasteiger charge is -2.41. The van der Waals surface area contributed by atoms with Crippen molar-refractivity contribution in [1.82, 2.24) is 25.0 Å². The molecule has 2 aromatic carbocycles. The number of fused-ring (bicyclic) bond motifs is 3. The van der Waals surface area contributed by atoms with Crippen molar-refractivity contribution in [3.63, 3.8) is 0 Å². The van der Waals surface area contributed by atoms with Gasteiger partial charge < -0.3 is 53.4 Å². The van der Waals surface area contributed by atoms with E-state index >= 15 is 0 Å². The molecule has 2 aromatic heterocycles. The second-order valence-corrected chi connectivity index (χ2v) is 17.0. The molecular weight excluding hydrogens is 843 g/mol. The Morgan fingerprint density at radius 1 is 0.855 bits per heavy atom. The number of benzene rings is 2. The Hall–Kier alpha value is -4.68. The van der Waals surface area contributed by atoms with Crippen LogP contribution in [-0.2, 0) is 35.0 Å². The van der Waals surface area contributed by atoms with Gasteiger partial charge in [-0.15, -0.1) is 0 Å². The number of nitrogens with one attached hydrogen (secondary N) is 2. The van der Waals surface area contributed by atoms with Gasteiger partial charge in [-0.05, 0) is 65.0 Å². The minimum atomic E-state index is -0.535. The molecule has 0 aliphatic carbocycles. The third kappa shape index (κ3) is 12.5. The van der Waals surface area contributed by atoms with Crippen LogP contribution in [0.25, 0.3) is 28.1 Å². The molecule has 0 radical (unpaired) electrons. The van der Waals surface area contributed by atoms with E-state index in [0.29, 0.717) is 130 Å². The van der Waals surface area contributed by atoms with Gasteiger partial charge in [0.2, 0.25) is 0 Å². The molecule has 2 N–H and O–H groups in total. The molecule has 0 bridgehead atoms. The lowest BCUT2D eigenvalue weighted by Crippen LogP contribution is -2.55. The van der Waals surface area contributed by atoms with Crippen molar-refractivity contribution in [3.05, 3.63) is 70.1 Å². The number of rotatable bonds is 20. The average Bonchev–Trinajstić information content (AvgIpc) is 3.62. The molecule has 62 heavy (non-hydrogen) atoms. The second-order valence-electron chi connectivity index (χ2n) is 16.1. The van der Waals surface area contributed by atoms with E-state index in [1.54, 1.807) is 42.4 Å². The van der Waals surface area contributed by atoms with Crippen molar-refractivity contribution < 1.29 is 47.5 Å². The molecule has 4 aromatic rings. The molecule has 16 nitrogen and oxygen atoms in total. The molecule has 0 spiro atoms. The van der Waals surface area contributed by atoms with E-state index in [2.05, 4.69) is 15.6 Å². The Morgan fingerprint density at radius 2 is 1.52 bits per heavy atom. The number of halogens is 2. The summed E-state index contributed by atoms with van der Waals surface area (Å²) in [4.78, 5) is 32.3. The Kier molecular flexibility index (Phi) is 16.3. The summed E-state index contributed by atoms with van der Waals surface area (Å²) < 4.78 is 47.1. The molecule has 1 fully saturated rings. The maximum absolute atomic E-state index is 14.3.